The number of hydrogen-bond donors (Lipinski definition) is 0. The number of rotatable bonds is 4. The van der Waals surface area contributed by atoms with E-state index in [-0.39, 0.29) is 5.54 Å². The number of benzene rings is 1. The van der Waals surface area contributed by atoms with Gasteiger partial charge in [-0.1, -0.05) is 18.2 Å². The highest BCUT2D eigenvalue weighted by molar-refractivity contribution is 5.26. The van der Waals surface area contributed by atoms with Crippen LogP contribution in [0.5, 0.6) is 0 Å². The van der Waals surface area contributed by atoms with E-state index in [9.17, 15) is 13.2 Å². The molecule has 0 saturated carbocycles. The molecule has 0 aliphatic carbocycles. The maximum Gasteiger partial charge on any atom is 0.416 e. The molecule has 2 rings (SSSR count). The van der Waals surface area contributed by atoms with Gasteiger partial charge in [-0.05, 0) is 65.0 Å². The van der Waals surface area contributed by atoms with Crippen LogP contribution in [0, 0.1) is 0 Å². The summed E-state index contributed by atoms with van der Waals surface area (Å²) in [4.78, 5) is 4.56. The third kappa shape index (κ3) is 4.02. The SMILES string of the molecule is CN1CCC[C@@](CCc2cccc(C(F)(F)F)c2)(N(C)C)C1. The highest BCUT2D eigenvalue weighted by atomic mass is 19.4. The Hall–Kier alpha value is -1.07. The summed E-state index contributed by atoms with van der Waals surface area (Å²) in [7, 11) is 6.26. The maximum absolute atomic E-state index is 12.8. The summed E-state index contributed by atoms with van der Waals surface area (Å²) in [5, 5.41) is 0. The molecule has 0 bridgehead atoms. The van der Waals surface area contributed by atoms with E-state index in [1.165, 1.54) is 12.1 Å². The number of hydrogen-bond acceptors (Lipinski definition) is 2. The Morgan fingerprint density at radius 1 is 1.27 bits per heavy atom. The summed E-state index contributed by atoms with van der Waals surface area (Å²) < 4.78 is 38.4. The van der Waals surface area contributed by atoms with Crippen LogP contribution in [0.1, 0.15) is 30.4 Å². The third-order valence-electron chi connectivity index (χ3n) is 4.83. The van der Waals surface area contributed by atoms with Crippen LogP contribution >= 0.6 is 0 Å². The molecule has 1 aromatic rings. The van der Waals surface area contributed by atoms with Crippen molar-refractivity contribution in [3.8, 4) is 0 Å². The highest BCUT2D eigenvalue weighted by Crippen LogP contribution is 2.32. The quantitative estimate of drug-likeness (QED) is 0.837. The van der Waals surface area contributed by atoms with Crippen molar-refractivity contribution >= 4 is 0 Å². The zero-order chi connectivity index (χ0) is 16.4. The monoisotopic (exact) mass is 314 g/mol. The first-order chi connectivity index (χ1) is 10.2. The van der Waals surface area contributed by atoms with Crippen molar-refractivity contribution in [1.82, 2.24) is 9.80 Å². The van der Waals surface area contributed by atoms with Crippen LogP contribution in [0.2, 0.25) is 0 Å². The van der Waals surface area contributed by atoms with Gasteiger partial charge in [0.15, 0.2) is 0 Å². The molecule has 1 saturated heterocycles. The topological polar surface area (TPSA) is 6.48 Å². The predicted octanol–water partition coefficient (Wildman–Crippen LogP) is 3.66. The molecule has 5 heteroatoms. The molecule has 22 heavy (non-hydrogen) atoms. The number of nitrogens with zero attached hydrogens (tertiary/aromatic N) is 2. The summed E-state index contributed by atoms with van der Waals surface area (Å²) in [6.45, 7) is 2.07. The minimum absolute atomic E-state index is 0.0568. The van der Waals surface area contributed by atoms with Gasteiger partial charge in [0.1, 0.15) is 0 Å². The Kier molecular flexibility index (Phi) is 5.17. The molecular formula is C17H25F3N2. The van der Waals surface area contributed by atoms with E-state index < -0.39 is 11.7 Å². The van der Waals surface area contributed by atoms with Crippen LogP contribution in [-0.2, 0) is 12.6 Å². The van der Waals surface area contributed by atoms with Gasteiger partial charge < -0.3 is 9.80 Å². The number of halogens is 3. The Morgan fingerprint density at radius 3 is 2.59 bits per heavy atom. The van der Waals surface area contributed by atoms with Crippen molar-refractivity contribution in [2.24, 2.45) is 0 Å². The van der Waals surface area contributed by atoms with E-state index in [0.717, 1.165) is 44.0 Å². The minimum atomic E-state index is -4.26. The average Bonchev–Trinajstić information content (AvgIpc) is 2.44. The van der Waals surface area contributed by atoms with Gasteiger partial charge in [0, 0.05) is 12.1 Å². The van der Waals surface area contributed by atoms with Gasteiger partial charge in [0.2, 0.25) is 0 Å². The minimum Gasteiger partial charge on any atom is -0.305 e. The van der Waals surface area contributed by atoms with Gasteiger partial charge in [0.25, 0.3) is 0 Å². The second kappa shape index (κ2) is 6.59. The number of likely N-dealkylation sites (N-methyl/N-ethyl adjacent to an activating group) is 2. The Morgan fingerprint density at radius 2 is 2.00 bits per heavy atom. The number of likely N-dealkylation sites (tertiary alicyclic amines) is 1. The second-order valence-corrected chi connectivity index (χ2v) is 6.66. The highest BCUT2D eigenvalue weighted by Gasteiger charge is 2.36. The van der Waals surface area contributed by atoms with E-state index in [0.29, 0.717) is 6.42 Å². The van der Waals surface area contributed by atoms with E-state index in [1.807, 2.05) is 0 Å². The molecule has 1 heterocycles. The maximum atomic E-state index is 12.8. The molecule has 1 aromatic carbocycles. The lowest BCUT2D eigenvalue weighted by Crippen LogP contribution is -2.55. The van der Waals surface area contributed by atoms with Crippen LogP contribution in [0.4, 0.5) is 13.2 Å². The molecule has 0 radical (unpaired) electrons. The molecule has 1 fully saturated rings. The molecule has 0 N–H and O–H groups in total. The molecule has 1 atom stereocenters. The zero-order valence-corrected chi connectivity index (χ0v) is 13.6. The van der Waals surface area contributed by atoms with Gasteiger partial charge in [0.05, 0.1) is 5.56 Å². The first-order valence-electron chi connectivity index (χ1n) is 7.75. The van der Waals surface area contributed by atoms with E-state index >= 15 is 0 Å². The second-order valence-electron chi connectivity index (χ2n) is 6.66. The van der Waals surface area contributed by atoms with Crippen molar-refractivity contribution in [3.05, 3.63) is 35.4 Å². The van der Waals surface area contributed by atoms with Gasteiger partial charge in [-0.25, -0.2) is 0 Å². The van der Waals surface area contributed by atoms with Crippen molar-refractivity contribution in [3.63, 3.8) is 0 Å². The van der Waals surface area contributed by atoms with E-state index in [1.54, 1.807) is 6.07 Å². The molecule has 124 valence electrons. The fraction of sp³-hybridized carbons (Fsp3) is 0.647. The lowest BCUT2D eigenvalue weighted by molar-refractivity contribution is -0.137. The Balaban J connectivity index is 2.10. The molecular weight excluding hydrogens is 289 g/mol. The van der Waals surface area contributed by atoms with E-state index in [2.05, 4.69) is 30.9 Å². The largest absolute Gasteiger partial charge is 0.416 e. The van der Waals surface area contributed by atoms with Crippen LogP contribution in [0.3, 0.4) is 0 Å². The van der Waals surface area contributed by atoms with Gasteiger partial charge in [-0.3, -0.25) is 0 Å². The summed E-state index contributed by atoms with van der Waals surface area (Å²) in [5.41, 5.74) is 0.273. The molecule has 0 spiro atoms. The van der Waals surface area contributed by atoms with Crippen molar-refractivity contribution in [2.45, 2.75) is 37.4 Å². The molecule has 1 aliphatic rings. The molecule has 0 amide bonds. The van der Waals surface area contributed by atoms with Crippen molar-refractivity contribution in [2.75, 3.05) is 34.2 Å². The summed E-state index contributed by atoms with van der Waals surface area (Å²) in [6.07, 6.45) is -0.470. The fourth-order valence-corrected chi connectivity index (χ4v) is 3.41. The molecule has 0 aromatic heterocycles. The number of alkyl halides is 3. The van der Waals surface area contributed by atoms with Gasteiger partial charge in [-0.15, -0.1) is 0 Å². The average molecular weight is 314 g/mol. The van der Waals surface area contributed by atoms with Crippen LogP contribution in [0.25, 0.3) is 0 Å². The summed E-state index contributed by atoms with van der Waals surface area (Å²) in [6, 6.07) is 5.73. The number of aryl methyl sites for hydroxylation is 1. The predicted molar refractivity (Wildman–Crippen MR) is 82.9 cm³/mol. The first-order valence-corrected chi connectivity index (χ1v) is 7.75. The lowest BCUT2D eigenvalue weighted by Gasteiger charge is -2.46. The summed E-state index contributed by atoms with van der Waals surface area (Å²) in [5.74, 6) is 0. The smallest absolute Gasteiger partial charge is 0.305 e. The third-order valence-corrected chi connectivity index (χ3v) is 4.83. The molecule has 1 aliphatic heterocycles. The first kappa shape index (κ1) is 17.3. The Bertz CT molecular complexity index is 499. The molecule has 2 nitrogen and oxygen atoms in total. The standard InChI is InChI=1S/C17H25F3N2/c1-21(2)16(9-5-11-22(3)13-16)10-8-14-6-4-7-15(12-14)17(18,19)20/h4,6-7,12H,5,8-11,13H2,1-3H3/t16-/m0/s1. The Labute approximate surface area is 130 Å². The van der Waals surface area contributed by atoms with Crippen LogP contribution in [0.15, 0.2) is 24.3 Å². The van der Waals surface area contributed by atoms with Crippen LogP contribution in [-0.4, -0.2) is 49.6 Å². The zero-order valence-electron chi connectivity index (χ0n) is 13.6. The van der Waals surface area contributed by atoms with Gasteiger partial charge in [-0.2, -0.15) is 13.2 Å². The number of piperidine rings is 1. The van der Waals surface area contributed by atoms with Gasteiger partial charge >= 0.3 is 6.18 Å². The van der Waals surface area contributed by atoms with Crippen LogP contribution < -0.4 is 0 Å². The van der Waals surface area contributed by atoms with Crippen molar-refractivity contribution < 1.29 is 13.2 Å². The normalized spacial score (nSPS) is 24.0. The lowest BCUT2D eigenvalue weighted by atomic mass is 9.82. The summed E-state index contributed by atoms with van der Waals surface area (Å²) >= 11 is 0. The van der Waals surface area contributed by atoms with E-state index in [4.69, 9.17) is 0 Å². The van der Waals surface area contributed by atoms with Crippen molar-refractivity contribution in [1.29, 1.82) is 0 Å². The fourth-order valence-electron chi connectivity index (χ4n) is 3.41. The molecule has 0 unspecified atom stereocenters.